The summed E-state index contributed by atoms with van der Waals surface area (Å²) in [4.78, 5) is 35.5. The van der Waals surface area contributed by atoms with Gasteiger partial charge in [0.15, 0.2) is 5.78 Å². The van der Waals surface area contributed by atoms with E-state index in [2.05, 4.69) is 0 Å². The van der Waals surface area contributed by atoms with Crippen molar-refractivity contribution in [2.75, 3.05) is 11.4 Å². The first kappa shape index (κ1) is 11.4. The highest BCUT2D eigenvalue weighted by molar-refractivity contribution is 6.52. The average molecular weight is 235 g/mol. The quantitative estimate of drug-likeness (QED) is 0.743. The van der Waals surface area contributed by atoms with Crippen molar-refractivity contribution in [2.24, 2.45) is 0 Å². The van der Waals surface area contributed by atoms with Crippen LogP contribution in [0.3, 0.4) is 0 Å². The van der Waals surface area contributed by atoms with E-state index in [9.17, 15) is 18.8 Å². The van der Waals surface area contributed by atoms with Crippen LogP contribution >= 0.6 is 0 Å². The maximum absolute atomic E-state index is 13.1. The van der Waals surface area contributed by atoms with E-state index in [1.807, 2.05) is 0 Å². The Kier molecular flexibility index (Phi) is 2.75. The number of carbonyl (C=O) groups is 3. The van der Waals surface area contributed by atoms with Crippen molar-refractivity contribution in [2.45, 2.75) is 13.3 Å². The van der Waals surface area contributed by atoms with Crippen LogP contribution in [0.15, 0.2) is 18.2 Å². The van der Waals surface area contributed by atoms with Gasteiger partial charge in [-0.3, -0.25) is 19.3 Å². The van der Waals surface area contributed by atoms with E-state index in [-0.39, 0.29) is 30.0 Å². The molecule has 2 rings (SSSR count). The second-order valence-electron chi connectivity index (χ2n) is 3.77. The molecule has 1 aliphatic heterocycles. The van der Waals surface area contributed by atoms with Crippen molar-refractivity contribution >= 4 is 23.2 Å². The van der Waals surface area contributed by atoms with Crippen LogP contribution in [0.1, 0.15) is 23.7 Å². The van der Waals surface area contributed by atoms with Crippen LogP contribution in [0.4, 0.5) is 10.1 Å². The molecule has 0 fully saturated rings. The lowest BCUT2D eigenvalue weighted by Gasteiger charge is -2.14. The summed E-state index contributed by atoms with van der Waals surface area (Å²) in [7, 11) is 0. The average Bonchev–Trinajstić information content (AvgIpc) is 2.54. The van der Waals surface area contributed by atoms with Gasteiger partial charge < -0.3 is 0 Å². The van der Waals surface area contributed by atoms with E-state index in [0.717, 1.165) is 17.0 Å². The summed E-state index contributed by atoms with van der Waals surface area (Å²) in [5.74, 6) is -2.18. The lowest BCUT2D eigenvalue weighted by atomic mass is 10.1. The molecule has 0 atom stereocenters. The number of hydrogen-bond donors (Lipinski definition) is 0. The normalized spacial score (nSPS) is 14.1. The van der Waals surface area contributed by atoms with Gasteiger partial charge in [-0.05, 0) is 18.2 Å². The van der Waals surface area contributed by atoms with Crippen molar-refractivity contribution < 1.29 is 18.8 Å². The predicted molar refractivity (Wildman–Crippen MR) is 58.4 cm³/mol. The van der Waals surface area contributed by atoms with Crippen molar-refractivity contribution in [3.63, 3.8) is 0 Å². The van der Waals surface area contributed by atoms with Crippen LogP contribution in [0, 0.1) is 5.82 Å². The van der Waals surface area contributed by atoms with Crippen LogP contribution in [-0.4, -0.2) is 24.0 Å². The fraction of sp³-hybridized carbons (Fsp3) is 0.250. The first-order valence-corrected chi connectivity index (χ1v) is 5.22. The van der Waals surface area contributed by atoms with Crippen LogP contribution < -0.4 is 4.90 Å². The molecule has 0 aromatic heterocycles. The van der Waals surface area contributed by atoms with Crippen molar-refractivity contribution in [1.29, 1.82) is 0 Å². The van der Waals surface area contributed by atoms with E-state index in [1.165, 1.54) is 6.07 Å². The lowest BCUT2D eigenvalue weighted by molar-refractivity contribution is -0.120. The molecule has 88 valence electrons. The maximum atomic E-state index is 13.1. The van der Waals surface area contributed by atoms with Gasteiger partial charge in [-0.25, -0.2) is 4.39 Å². The summed E-state index contributed by atoms with van der Waals surface area (Å²) in [6, 6.07) is 3.48. The van der Waals surface area contributed by atoms with Crippen molar-refractivity contribution in [1.82, 2.24) is 0 Å². The number of amides is 1. The summed E-state index contributed by atoms with van der Waals surface area (Å²) < 4.78 is 13.1. The number of benzene rings is 1. The Labute approximate surface area is 97.0 Å². The van der Waals surface area contributed by atoms with Crippen LogP contribution in [-0.2, 0) is 9.59 Å². The fourth-order valence-corrected chi connectivity index (χ4v) is 1.71. The zero-order chi connectivity index (χ0) is 12.6. The highest BCUT2D eigenvalue weighted by Gasteiger charge is 2.36. The van der Waals surface area contributed by atoms with Gasteiger partial charge >= 0.3 is 0 Å². The minimum Gasteiger partial charge on any atom is -0.298 e. The van der Waals surface area contributed by atoms with Gasteiger partial charge in [0.05, 0.1) is 17.8 Å². The van der Waals surface area contributed by atoms with Gasteiger partial charge in [-0.1, -0.05) is 6.92 Å². The Morgan fingerprint density at radius 1 is 1.35 bits per heavy atom. The smallest absolute Gasteiger partial charge is 0.298 e. The molecular weight excluding hydrogens is 225 g/mol. The number of rotatable bonds is 3. The molecule has 1 aromatic carbocycles. The number of ketones is 2. The zero-order valence-corrected chi connectivity index (χ0v) is 9.20. The molecule has 0 aliphatic carbocycles. The minimum atomic E-state index is -0.771. The van der Waals surface area contributed by atoms with E-state index in [1.54, 1.807) is 6.92 Å². The molecule has 1 aliphatic rings. The van der Waals surface area contributed by atoms with Gasteiger partial charge in [-0.15, -0.1) is 0 Å². The van der Waals surface area contributed by atoms with Crippen molar-refractivity contribution in [3.8, 4) is 0 Å². The molecule has 1 aromatic rings. The van der Waals surface area contributed by atoms with Gasteiger partial charge in [0.2, 0.25) is 0 Å². The maximum Gasteiger partial charge on any atom is 0.299 e. The molecule has 0 N–H and O–H groups in total. The largest absolute Gasteiger partial charge is 0.299 e. The van der Waals surface area contributed by atoms with E-state index in [0.29, 0.717) is 0 Å². The van der Waals surface area contributed by atoms with E-state index in [4.69, 9.17) is 0 Å². The summed E-state index contributed by atoms with van der Waals surface area (Å²) in [5.41, 5.74) is 0.335. The predicted octanol–water partition coefficient (Wildman–Crippen LogP) is 1.33. The highest BCUT2D eigenvalue weighted by Crippen LogP contribution is 2.29. The Bertz CT molecular complexity index is 524. The molecule has 4 nitrogen and oxygen atoms in total. The molecule has 0 bridgehead atoms. The van der Waals surface area contributed by atoms with Crippen LogP contribution in [0.5, 0.6) is 0 Å². The standard InChI is InChI=1S/C12H10FNO3/c1-2-8(15)6-14-10-5-7(13)3-4-9(10)11(16)12(14)17/h3-5H,2,6H2,1H3. The number of nitrogens with zero attached hydrogens (tertiary/aromatic N) is 1. The Hall–Kier alpha value is -2.04. The number of halogens is 1. The third-order valence-electron chi connectivity index (χ3n) is 2.66. The van der Waals surface area contributed by atoms with Crippen molar-refractivity contribution in [3.05, 3.63) is 29.6 Å². The Morgan fingerprint density at radius 3 is 2.71 bits per heavy atom. The zero-order valence-electron chi connectivity index (χ0n) is 9.20. The number of fused-ring (bicyclic) bond motifs is 1. The van der Waals surface area contributed by atoms with E-state index < -0.39 is 17.5 Å². The third-order valence-corrected chi connectivity index (χ3v) is 2.66. The Balaban J connectivity index is 2.42. The number of carbonyl (C=O) groups excluding carboxylic acids is 3. The number of anilines is 1. The molecule has 0 saturated carbocycles. The number of Topliss-reactive ketones (excluding diaryl/α,β-unsaturated/α-hetero) is 2. The van der Waals surface area contributed by atoms with Gasteiger partial charge in [0, 0.05) is 6.42 Å². The molecule has 5 heteroatoms. The highest BCUT2D eigenvalue weighted by atomic mass is 19.1. The molecule has 0 unspecified atom stereocenters. The Morgan fingerprint density at radius 2 is 2.06 bits per heavy atom. The summed E-state index contributed by atoms with van der Waals surface area (Å²) in [6.07, 6.45) is 0.266. The SMILES string of the molecule is CCC(=O)CN1C(=O)C(=O)c2ccc(F)cc21. The second kappa shape index (κ2) is 4.08. The van der Waals surface area contributed by atoms with Gasteiger partial charge in [0.1, 0.15) is 5.82 Å². The first-order chi connectivity index (χ1) is 8.04. The summed E-state index contributed by atoms with van der Waals surface area (Å²) in [5, 5.41) is 0. The summed E-state index contributed by atoms with van der Waals surface area (Å²) in [6.45, 7) is 1.48. The molecule has 1 amide bonds. The minimum absolute atomic E-state index is 0.153. The summed E-state index contributed by atoms with van der Waals surface area (Å²) >= 11 is 0. The fourth-order valence-electron chi connectivity index (χ4n) is 1.71. The second-order valence-corrected chi connectivity index (χ2v) is 3.77. The number of hydrogen-bond acceptors (Lipinski definition) is 3. The van der Waals surface area contributed by atoms with Crippen LogP contribution in [0.2, 0.25) is 0 Å². The first-order valence-electron chi connectivity index (χ1n) is 5.22. The van der Waals surface area contributed by atoms with E-state index >= 15 is 0 Å². The topological polar surface area (TPSA) is 54.5 Å². The molecule has 17 heavy (non-hydrogen) atoms. The third kappa shape index (κ3) is 1.84. The molecule has 0 spiro atoms. The lowest BCUT2D eigenvalue weighted by Crippen LogP contribution is -2.34. The monoisotopic (exact) mass is 235 g/mol. The van der Waals surface area contributed by atoms with Gasteiger partial charge in [0.25, 0.3) is 11.7 Å². The molecule has 1 heterocycles. The molecular formula is C12H10FNO3. The van der Waals surface area contributed by atoms with Gasteiger partial charge in [-0.2, -0.15) is 0 Å². The van der Waals surface area contributed by atoms with Crippen LogP contribution in [0.25, 0.3) is 0 Å². The molecule has 0 saturated heterocycles. The molecule has 0 radical (unpaired) electrons.